The van der Waals surface area contributed by atoms with Crippen LogP contribution in [0.1, 0.15) is 32.3 Å². The van der Waals surface area contributed by atoms with Gasteiger partial charge in [-0.05, 0) is 30.5 Å². The Morgan fingerprint density at radius 3 is 2.19 bits per heavy atom. The lowest BCUT2D eigenvalue weighted by molar-refractivity contribution is 0.318. The maximum absolute atomic E-state index is 11.6. The van der Waals surface area contributed by atoms with Gasteiger partial charge >= 0.3 is 0 Å². The molecule has 0 unspecified atom stereocenters. The van der Waals surface area contributed by atoms with Crippen LogP contribution in [-0.4, -0.2) is 15.0 Å². The molecule has 0 saturated heterocycles. The van der Waals surface area contributed by atoms with Crippen molar-refractivity contribution in [1.29, 1.82) is 0 Å². The lowest BCUT2D eigenvalue weighted by Gasteiger charge is -2.05. The van der Waals surface area contributed by atoms with Crippen LogP contribution in [0.15, 0.2) is 29.2 Å². The van der Waals surface area contributed by atoms with Crippen LogP contribution in [0.4, 0.5) is 0 Å². The van der Waals surface area contributed by atoms with Gasteiger partial charge in [0.1, 0.15) is 0 Å². The fourth-order valence-electron chi connectivity index (χ4n) is 1.37. The fourth-order valence-corrected chi connectivity index (χ4v) is 2.36. The average Bonchev–Trinajstić information content (AvgIpc) is 2.28. The highest BCUT2D eigenvalue weighted by Crippen LogP contribution is 2.14. The minimum absolute atomic E-state index is 0.235. The molecule has 4 heteroatoms. The highest BCUT2D eigenvalue weighted by Gasteiger charge is 2.13. The van der Waals surface area contributed by atoms with E-state index in [1.807, 2.05) is 19.1 Å². The number of aryl methyl sites for hydroxylation is 1. The minimum Gasteiger partial charge on any atom is -0.266 e. The van der Waals surface area contributed by atoms with E-state index in [0.29, 0.717) is 6.42 Å². The summed E-state index contributed by atoms with van der Waals surface area (Å²) in [5, 5.41) is 0. The van der Waals surface area contributed by atoms with Crippen molar-refractivity contribution in [2.24, 2.45) is 0 Å². The molecule has 1 aromatic carbocycles. The van der Waals surface area contributed by atoms with Crippen molar-refractivity contribution in [3.8, 4) is 0 Å². The molecule has 0 atom stereocenters. The van der Waals surface area contributed by atoms with Crippen molar-refractivity contribution < 1.29 is 12.6 Å². The zero-order valence-electron chi connectivity index (χ0n) is 9.77. The molecule has 0 heterocycles. The second-order valence-corrected chi connectivity index (χ2v) is 5.29. The predicted octanol–water partition coefficient (Wildman–Crippen LogP) is 2.75. The summed E-state index contributed by atoms with van der Waals surface area (Å²) in [7, 11) is -3.55. The molecule has 1 aromatic rings. The summed E-state index contributed by atoms with van der Waals surface area (Å²) in [6.07, 6.45) is 2.71. The van der Waals surface area contributed by atoms with E-state index in [1.54, 1.807) is 12.1 Å². The molecule has 0 fully saturated rings. The topological polar surface area (TPSA) is 43.4 Å². The number of rotatable bonds is 6. The Balaban J connectivity index is 2.80. The van der Waals surface area contributed by atoms with Gasteiger partial charge < -0.3 is 0 Å². The van der Waals surface area contributed by atoms with Crippen LogP contribution in [0, 0.1) is 0 Å². The van der Waals surface area contributed by atoms with Crippen molar-refractivity contribution in [3.63, 3.8) is 0 Å². The molecule has 16 heavy (non-hydrogen) atoms. The van der Waals surface area contributed by atoms with Crippen LogP contribution in [0.2, 0.25) is 0 Å². The standard InChI is InChI=1S/C12H18O3S/c1-3-5-11-6-8-12(9-7-11)16(13,14)15-10-4-2/h6-9H,3-5,10H2,1-2H3. The first-order chi connectivity index (χ1) is 7.60. The van der Waals surface area contributed by atoms with E-state index < -0.39 is 10.1 Å². The maximum Gasteiger partial charge on any atom is 0.296 e. The van der Waals surface area contributed by atoms with Crippen LogP contribution in [0.3, 0.4) is 0 Å². The van der Waals surface area contributed by atoms with Crippen LogP contribution < -0.4 is 0 Å². The zero-order chi connectivity index (χ0) is 12.0. The third-order valence-corrected chi connectivity index (χ3v) is 3.52. The Labute approximate surface area is 97.6 Å². The molecular weight excluding hydrogens is 224 g/mol. The van der Waals surface area contributed by atoms with Crippen LogP contribution in [0.5, 0.6) is 0 Å². The molecule has 0 radical (unpaired) electrons. The number of hydrogen-bond acceptors (Lipinski definition) is 3. The van der Waals surface area contributed by atoms with Gasteiger partial charge in [0.05, 0.1) is 11.5 Å². The van der Waals surface area contributed by atoms with Crippen molar-refractivity contribution in [2.75, 3.05) is 6.61 Å². The van der Waals surface area contributed by atoms with Gasteiger partial charge in [0.2, 0.25) is 0 Å². The van der Waals surface area contributed by atoms with E-state index >= 15 is 0 Å². The van der Waals surface area contributed by atoms with Crippen molar-refractivity contribution in [2.45, 2.75) is 38.0 Å². The Hall–Kier alpha value is -0.870. The average molecular weight is 242 g/mol. The van der Waals surface area contributed by atoms with Gasteiger partial charge in [0, 0.05) is 0 Å². The second-order valence-electron chi connectivity index (χ2n) is 3.67. The molecule has 0 bridgehead atoms. The summed E-state index contributed by atoms with van der Waals surface area (Å²) in [5.74, 6) is 0. The summed E-state index contributed by atoms with van der Waals surface area (Å²) < 4.78 is 28.1. The van der Waals surface area contributed by atoms with Crippen molar-refractivity contribution >= 4 is 10.1 Å². The van der Waals surface area contributed by atoms with E-state index in [0.717, 1.165) is 18.4 Å². The number of benzene rings is 1. The quantitative estimate of drug-likeness (QED) is 0.720. The molecule has 0 N–H and O–H groups in total. The van der Waals surface area contributed by atoms with Crippen molar-refractivity contribution in [3.05, 3.63) is 29.8 Å². The first-order valence-electron chi connectivity index (χ1n) is 5.58. The van der Waals surface area contributed by atoms with Crippen LogP contribution in [-0.2, 0) is 20.7 Å². The Morgan fingerprint density at radius 2 is 1.69 bits per heavy atom. The van der Waals surface area contributed by atoms with E-state index in [4.69, 9.17) is 4.18 Å². The lowest BCUT2D eigenvalue weighted by atomic mass is 10.1. The first-order valence-corrected chi connectivity index (χ1v) is 6.99. The highest BCUT2D eigenvalue weighted by atomic mass is 32.2. The Bertz CT molecular complexity index is 406. The summed E-state index contributed by atoms with van der Waals surface area (Å²) in [6.45, 7) is 4.20. The van der Waals surface area contributed by atoms with Gasteiger partial charge in [-0.3, -0.25) is 4.18 Å². The maximum atomic E-state index is 11.6. The van der Waals surface area contributed by atoms with E-state index in [2.05, 4.69) is 6.92 Å². The largest absolute Gasteiger partial charge is 0.296 e. The zero-order valence-corrected chi connectivity index (χ0v) is 10.6. The Kier molecular flexibility index (Phi) is 4.96. The normalized spacial score (nSPS) is 11.6. The molecule has 0 aliphatic heterocycles. The monoisotopic (exact) mass is 242 g/mol. The number of hydrogen-bond donors (Lipinski definition) is 0. The molecular formula is C12H18O3S. The van der Waals surface area contributed by atoms with Gasteiger partial charge in [-0.2, -0.15) is 8.42 Å². The SMILES string of the molecule is CCCOS(=O)(=O)c1ccc(CCC)cc1. The predicted molar refractivity (Wildman–Crippen MR) is 63.9 cm³/mol. The van der Waals surface area contributed by atoms with Gasteiger partial charge in [-0.25, -0.2) is 0 Å². The van der Waals surface area contributed by atoms with Crippen LogP contribution >= 0.6 is 0 Å². The minimum atomic E-state index is -3.55. The summed E-state index contributed by atoms with van der Waals surface area (Å²) >= 11 is 0. The van der Waals surface area contributed by atoms with Crippen LogP contribution in [0.25, 0.3) is 0 Å². The summed E-state index contributed by atoms with van der Waals surface area (Å²) in [6, 6.07) is 6.89. The van der Waals surface area contributed by atoms with Gasteiger partial charge in [-0.1, -0.05) is 32.4 Å². The third-order valence-electron chi connectivity index (χ3n) is 2.19. The molecule has 0 aliphatic rings. The van der Waals surface area contributed by atoms with E-state index in [-0.39, 0.29) is 11.5 Å². The smallest absolute Gasteiger partial charge is 0.266 e. The molecule has 1 rings (SSSR count). The van der Waals surface area contributed by atoms with Gasteiger partial charge in [-0.15, -0.1) is 0 Å². The molecule has 3 nitrogen and oxygen atoms in total. The summed E-state index contributed by atoms with van der Waals surface area (Å²) in [5.41, 5.74) is 1.15. The van der Waals surface area contributed by atoms with E-state index in [1.165, 1.54) is 0 Å². The Morgan fingerprint density at radius 1 is 1.06 bits per heavy atom. The van der Waals surface area contributed by atoms with Gasteiger partial charge in [0.25, 0.3) is 10.1 Å². The molecule has 0 aromatic heterocycles. The fraction of sp³-hybridized carbons (Fsp3) is 0.500. The lowest BCUT2D eigenvalue weighted by Crippen LogP contribution is -2.07. The molecule has 0 amide bonds. The summed E-state index contributed by atoms with van der Waals surface area (Å²) in [4.78, 5) is 0.237. The highest BCUT2D eigenvalue weighted by molar-refractivity contribution is 7.86. The van der Waals surface area contributed by atoms with E-state index in [9.17, 15) is 8.42 Å². The molecule has 0 spiro atoms. The van der Waals surface area contributed by atoms with Crippen molar-refractivity contribution in [1.82, 2.24) is 0 Å². The van der Waals surface area contributed by atoms with Gasteiger partial charge in [0.15, 0.2) is 0 Å². The third kappa shape index (κ3) is 3.61. The second kappa shape index (κ2) is 6.01. The molecule has 90 valence electrons. The molecule has 0 aliphatic carbocycles. The first kappa shape index (κ1) is 13.2. The molecule has 0 saturated carbocycles.